The van der Waals surface area contributed by atoms with Gasteiger partial charge in [-0.05, 0) is 32.1 Å². The van der Waals surface area contributed by atoms with Crippen LogP contribution in [-0.4, -0.2) is 59.0 Å². The van der Waals surface area contributed by atoms with E-state index in [1.54, 1.807) is 4.90 Å². The maximum Gasteiger partial charge on any atom is 0.227 e. The molecule has 1 aliphatic carbocycles. The van der Waals surface area contributed by atoms with Crippen LogP contribution < -0.4 is 0 Å². The highest BCUT2D eigenvalue weighted by Crippen LogP contribution is 2.32. The molecule has 2 amide bonds. The molecule has 0 radical (unpaired) electrons. The SMILES string of the molecule is O=C(C1CC1)N1CCCC(C(=O)N2CC[C@H](O)C2)C1. The summed E-state index contributed by atoms with van der Waals surface area (Å²) in [5, 5.41) is 9.51. The molecule has 5 heteroatoms. The molecule has 1 saturated carbocycles. The first kappa shape index (κ1) is 12.9. The predicted octanol–water partition coefficient (Wildman–Crippen LogP) is 0.228. The van der Waals surface area contributed by atoms with Gasteiger partial charge in [0.1, 0.15) is 0 Å². The molecule has 0 spiro atoms. The van der Waals surface area contributed by atoms with Crippen molar-refractivity contribution in [3.05, 3.63) is 0 Å². The first-order valence-corrected chi connectivity index (χ1v) is 7.41. The van der Waals surface area contributed by atoms with E-state index >= 15 is 0 Å². The molecular formula is C14H22N2O3. The average molecular weight is 266 g/mol. The monoisotopic (exact) mass is 266 g/mol. The molecule has 0 aromatic carbocycles. The van der Waals surface area contributed by atoms with Crippen LogP contribution in [0.3, 0.4) is 0 Å². The van der Waals surface area contributed by atoms with Gasteiger partial charge in [-0.3, -0.25) is 9.59 Å². The quantitative estimate of drug-likeness (QED) is 0.778. The van der Waals surface area contributed by atoms with Crippen LogP contribution in [0.5, 0.6) is 0 Å². The van der Waals surface area contributed by atoms with Gasteiger partial charge in [-0.1, -0.05) is 0 Å². The van der Waals surface area contributed by atoms with Gasteiger partial charge in [0.05, 0.1) is 12.0 Å². The molecule has 5 nitrogen and oxygen atoms in total. The van der Waals surface area contributed by atoms with E-state index in [1.165, 1.54) is 0 Å². The molecule has 2 saturated heterocycles. The number of amides is 2. The molecule has 3 fully saturated rings. The molecule has 2 aliphatic heterocycles. The number of likely N-dealkylation sites (tertiary alicyclic amines) is 2. The molecule has 1 unspecified atom stereocenters. The molecular weight excluding hydrogens is 244 g/mol. The lowest BCUT2D eigenvalue weighted by atomic mass is 9.96. The fourth-order valence-corrected chi connectivity index (χ4v) is 3.17. The molecule has 2 heterocycles. The Kier molecular flexibility index (Phi) is 3.48. The van der Waals surface area contributed by atoms with Gasteiger partial charge in [-0.15, -0.1) is 0 Å². The Morgan fingerprint density at radius 1 is 0.842 bits per heavy atom. The summed E-state index contributed by atoms with van der Waals surface area (Å²) in [5.41, 5.74) is 0. The Balaban J connectivity index is 1.58. The van der Waals surface area contributed by atoms with Crippen molar-refractivity contribution in [3.63, 3.8) is 0 Å². The van der Waals surface area contributed by atoms with E-state index < -0.39 is 0 Å². The second-order valence-corrected chi connectivity index (χ2v) is 6.12. The lowest BCUT2D eigenvalue weighted by molar-refractivity contribution is -0.141. The van der Waals surface area contributed by atoms with Crippen molar-refractivity contribution < 1.29 is 14.7 Å². The molecule has 106 valence electrons. The van der Waals surface area contributed by atoms with Crippen molar-refractivity contribution in [2.24, 2.45) is 11.8 Å². The average Bonchev–Trinajstić information content (AvgIpc) is 3.19. The molecule has 19 heavy (non-hydrogen) atoms. The zero-order valence-corrected chi connectivity index (χ0v) is 11.3. The minimum Gasteiger partial charge on any atom is -0.391 e. The van der Waals surface area contributed by atoms with Crippen molar-refractivity contribution >= 4 is 11.8 Å². The predicted molar refractivity (Wildman–Crippen MR) is 69.2 cm³/mol. The van der Waals surface area contributed by atoms with E-state index in [0.29, 0.717) is 26.1 Å². The molecule has 3 aliphatic rings. The zero-order chi connectivity index (χ0) is 13.4. The Labute approximate surface area is 113 Å². The molecule has 2 atom stereocenters. The zero-order valence-electron chi connectivity index (χ0n) is 11.3. The number of carbonyl (C=O) groups excluding carboxylic acids is 2. The van der Waals surface area contributed by atoms with Gasteiger partial charge in [-0.2, -0.15) is 0 Å². The summed E-state index contributed by atoms with van der Waals surface area (Å²) in [4.78, 5) is 28.1. The smallest absolute Gasteiger partial charge is 0.227 e. The first-order chi connectivity index (χ1) is 9.15. The largest absolute Gasteiger partial charge is 0.391 e. The van der Waals surface area contributed by atoms with Gasteiger partial charge in [0, 0.05) is 32.1 Å². The Hall–Kier alpha value is -1.10. The van der Waals surface area contributed by atoms with E-state index in [2.05, 4.69) is 0 Å². The topological polar surface area (TPSA) is 60.9 Å². The number of carbonyl (C=O) groups is 2. The van der Waals surface area contributed by atoms with Crippen molar-refractivity contribution in [1.29, 1.82) is 0 Å². The van der Waals surface area contributed by atoms with E-state index in [-0.39, 0.29) is 29.8 Å². The second-order valence-electron chi connectivity index (χ2n) is 6.12. The second kappa shape index (κ2) is 5.12. The number of hydrogen-bond acceptors (Lipinski definition) is 3. The summed E-state index contributed by atoms with van der Waals surface area (Å²) in [5.74, 6) is 0.563. The van der Waals surface area contributed by atoms with Crippen LogP contribution in [0, 0.1) is 11.8 Å². The highest BCUT2D eigenvalue weighted by molar-refractivity contribution is 5.83. The number of aliphatic hydroxyl groups is 1. The molecule has 0 bridgehead atoms. The summed E-state index contributed by atoms with van der Waals surface area (Å²) >= 11 is 0. The van der Waals surface area contributed by atoms with Crippen LogP contribution in [-0.2, 0) is 9.59 Å². The summed E-state index contributed by atoms with van der Waals surface area (Å²) in [6, 6.07) is 0. The van der Waals surface area contributed by atoms with Gasteiger partial charge in [-0.25, -0.2) is 0 Å². The van der Waals surface area contributed by atoms with Crippen LogP contribution in [0.25, 0.3) is 0 Å². The van der Waals surface area contributed by atoms with Crippen molar-refractivity contribution in [2.45, 2.75) is 38.2 Å². The fraction of sp³-hybridized carbons (Fsp3) is 0.857. The van der Waals surface area contributed by atoms with E-state index in [4.69, 9.17) is 0 Å². The number of β-amino-alcohol motifs (C(OH)–C–C–N with tert-alkyl or cyclic N) is 1. The van der Waals surface area contributed by atoms with Crippen molar-refractivity contribution in [2.75, 3.05) is 26.2 Å². The number of rotatable bonds is 2. The number of hydrogen-bond donors (Lipinski definition) is 1. The minimum absolute atomic E-state index is 0.0539. The number of aliphatic hydroxyl groups excluding tert-OH is 1. The van der Waals surface area contributed by atoms with Crippen LogP contribution in [0.15, 0.2) is 0 Å². The molecule has 1 N–H and O–H groups in total. The van der Waals surface area contributed by atoms with Crippen LogP contribution in [0.1, 0.15) is 32.1 Å². The lowest BCUT2D eigenvalue weighted by Crippen LogP contribution is -2.46. The van der Waals surface area contributed by atoms with Crippen LogP contribution >= 0.6 is 0 Å². The van der Waals surface area contributed by atoms with Crippen molar-refractivity contribution in [3.8, 4) is 0 Å². The molecule has 0 aromatic heterocycles. The first-order valence-electron chi connectivity index (χ1n) is 7.41. The molecule has 3 rings (SSSR count). The highest BCUT2D eigenvalue weighted by atomic mass is 16.3. The van der Waals surface area contributed by atoms with E-state index in [0.717, 1.165) is 32.2 Å². The summed E-state index contributed by atoms with van der Waals surface area (Å²) < 4.78 is 0. The maximum atomic E-state index is 12.4. The van der Waals surface area contributed by atoms with Crippen molar-refractivity contribution in [1.82, 2.24) is 9.80 Å². The van der Waals surface area contributed by atoms with Crippen LogP contribution in [0.2, 0.25) is 0 Å². The normalized spacial score (nSPS) is 31.6. The fourth-order valence-electron chi connectivity index (χ4n) is 3.17. The Morgan fingerprint density at radius 3 is 2.16 bits per heavy atom. The summed E-state index contributed by atoms with van der Waals surface area (Å²) in [6.07, 6.45) is 4.16. The Morgan fingerprint density at radius 2 is 1.53 bits per heavy atom. The number of piperidine rings is 1. The van der Waals surface area contributed by atoms with Gasteiger partial charge in [0.2, 0.25) is 11.8 Å². The highest BCUT2D eigenvalue weighted by Gasteiger charge is 2.38. The van der Waals surface area contributed by atoms with E-state index in [9.17, 15) is 14.7 Å². The summed E-state index contributed by atoms with van der Waals surface area (Å²) in [6.45, 7) is 2.52. The van der Waals surface area contributed by atoms with Gasteiger partial charge in [0.25, 0.3) is 0 Å². The van der Waals surface area contributed by atoms with Crippen LogP contribution in [0.4, 0.5) is 0 Å². The minimum atomic E-state index is -0.364. The third-order valence-corrected chi connectivity index (χ3v) is 4.48. The molecule has 0 aromatic rings. The van der Waals surface area contributed by atoms with E-state index in [1.807, 2.05) is 4.90 Å². The van der Waals surface area contributed by atoms with Gasteiger partial charge >= 0.3 is 0 Å². The Bertz CT molecular complexity index is 381. The third-order valence-electron chi connectivity index (χ3n) is 4.48. The third kappa shape index (κ3) is 2.76. The number of nitrogens with zero attached hydrogens (tertiary/aromatic N) is 2. The maximum absolute atomic E-state index is 12.4. The standard InChI is InChI=1S/C14H22N2O3/c17-12-5-7-16(9-12)14(19)11-2-1-6-15(8-11)13(18)10-3-4-10/h10-12,17H,1-9H2/t11?,12-/m0/s1. The lowest BCUT2D eigenvalue weighted by Gasteiger charge is -2.34. The summed E-state index contributed by atoms with van der Waals surface area (Å²) in [7, 11) is 0. The van der Waals surface area contributed by atoms with Gasteiger partial charge < -0.3 is 14.9 Å². The van der Waals surface area contributed by atoms with Gasteiger partial charge in [0.15, 0.2) is 0 Å².